The van der Waals surface area contributed by atoms with Crippen LogP contribution in [-0.2, 0) is 6.42 Å². The number of rotatable bonds is 7. The summed E-state index contributed by atoms with van der Waals surface area (Å²) in [6.07, 6.45) is 4.58. The van der Waals surface area contributed by atoms with E-state index in [1.165, 1.54) is 0 Å². The Balaban J connectivity index is 2.10. The van der Waals surface area contributed by atoms with Crippen molar-refractivity contribution < 1.29 is 4.52 Å². The maximum Gasteiger partial charge on any atom is 0.228 e. The number of hydrogen-bond donors (Lipinski definition) is 1. The molecule has 1 atom stereocenters. The molecular formula is C14H19ClN4O. The largest absolute Gasteiger partial charge is 0.339 e. The molecule has 0 amide bonds. The lowest BCUT2D eigenvalue weighted by molar-refractivity contribution is 0.352. The quantitative estimate of drug-likeness (QED) is 0.850. The van der Waals surface area contributed by atoms with E-state index in [0.29, 0.717) is 28.5 Å². The van der Waals surface area contributed by atoms with E-state index in [2.05, 4.69) is 34.3 Å². The third kappa shape index (κ3) is 3.77. The van der Waals surface area contributed by atoms with E-state index in [0.717, 1.165) is 25.8 Å². The van der Waals surface area contributed by atoms with Gasteiger partial charge < -0.3 is 9.84 Å². The van der Waals surface area contributed by atoms with Crippen molar-refractivity contribution in [3.63, 3.8) is 0 Å². The summed E-state index contributed by atoms with van der Waals surface area (Å²) in [4.78, 5) is 8.56. The number of nitrogens with one attached hydrogen (secondary N) is 1. The summed E-state index contributed by atoms with van der Waals surface area (Å²) in [6.45, 7) is 5.19. The third-order valence-corrected chi connectivity index (χ3v) is 3.29. The van der Waals surface area contributed by atoms with Crippen LogP contribution in [0.15, 0.2) is 22.9 Å². The Morgan fingerprint density at radius 3 is 2.95 bits per heavy atom. The Morgan fingerprint density at radius 1 is 1.40 bits per heavy atom. The molecule has 2 aromatic rings. The van der Waals surface area contributed by atoms with Crippen LogP contribution in [0, 0.1) is 0 Å². The summed E-state index contributed by atoms with van der Waals surface area (Å²) >= 11 is 6.08. The van der Waals surface area contributed by atoms with Crippen molar-refractivity contribution >= 4 is 11.6 Å². The van der Waals surface area contributed by atoms with Gasteiger partial charge in [0, 0.05) is 18.7 Å². The Labute approximate surface area is 123 Å². The highest BCUT2D eigenvalue weighted by molar-refractivity contribution is 6.32. The summed E-state index contributed by atoms with van der Waals surface area (Å²) in [6, 6.07) is 3.89. The fourth-order valence-corrected chi connectivity index (χ4v) is 2.31. The van der Waals surface area contributed by atoms with Gasteiger partial charge in [-0.1, -0.05) is 37.0 Å². The molecule has 20 heavy (non-hydrogen) atoms. The molecule has 2 rings (SSSR count). The van der Waals surface area contributed by atoms with E-state index in [1.54, 1.807) is 18.3 Å². The van der Waals surface area contributed by atoms with Gasteiger partial charge in [0.05, 0.1) is 5.02 Å². The summed E-state index contributed by atoms with van der Waals surface area (Å²) in [5.74, 6) is 1.05. The first-order valence-electron chi connectivity index (χ1n) is 6.91. The van der Waals surface area contributed by atoms with Gasteiger partial charge in [-0.3, -0.25) is 4.98 Å². The second-order valence-electron chi connectivity index (χ2n) is 4.59. The summed E-state index contributed by atoms with van der Waals surface area (Å²) < 4.78 is 5.30. The topological polar surface area (TPSA) is 63.8 Å². The molecule has 1 N–H and O–H groups in total. The fourth-order valence-electron chi connectivity index (χ4n) is 2.11. The third-order valence-electron chi connectivity index (χ3n) is 2.99. The molecule has 6 heteroatoms. The van der Waals surface area contributed by atoms with E-state index < -0.39 is 0 Å². The summed E-state index contributed by atoms with van der Waals surface area (Å²) in [5.41, 5.74) is 0.555. The zero-order valence-corrected chi connectivity index (χ0v) is 12.5. The molecule has 0 spiro atoms. The highest BCUT2D eigenvalue weighted by Gasteiger charge is 2.16. The maximum absolute atomic E-state index is 6.08. The number of nitrogens with zero attached hydrogens (tertiary/aromatic N) is 3. The Kier molecular flexibility index (Phi) is 5.49. The molecule has 2 aromatic heterocycles. The molecule has 0 aliphatic rings. The average molecular weight is 295 g/mol. The van der Waals surface area contributed by atoms with Gasteiger partial charge in [-0.2, -0.15) is 4.98 Å². The van der Waals surface area contributed by atoms with Crippen molar-refractivity contribution in [1.29, 1.82) is 0 Å². The fraction of sp³-hybridized carbons (Fsp3) is 0.500. The molecule has 2 heterocycles. The van der Waals surface area contributed by atoms with Crippen LogP contribution in [0.3, 0.4) is 0 Å². The Bertz CT molecular complexity index is 537. The van der Waals surface area contributed by atoms with Crippen LogP contribution >= 0.6 is 11.6 Å². The van der Waals surface area contributed by atoms with Crippen molar-refractivity contribution in [2.24, 2.45) is 0 Å². The van der Waals surface area contributed by atoms with Crippen molar-refractivity contribution in [3.8, 4) is 11.5 Å². The molecular weight excluding hydrogens is 276 g/mol. The molecule has 0 saturated heterocycles. The van der Waals surface area contributed by atoms with E-state index in [1.807, 2.05) is 0 Å². The van der Waals surface area contributed by atoms with Crippen LogP contribution in [0.1, 0.15) is 32.6 Å². The molecule has 0 fully saturated rings. The SMILES string of the molecule is CCCC(Cc1nc(-c2ncccc2Cl)no1)NCC. The molecule has 0 radical (unpaired) electrons. The zero-order chi connectivity index (χ0) is 14.4. The number of hydrogen-bond acceptors (Lipinski definition) is 5. The van der Waals surface area contributed by atoms with Gasteiger partial charge in [-0.05, 0) is 25.1 Å². The Hall–Kier alpha value is -1.46. The van der Waals surface area contributed by atoms with Crippen LogP contribution < -0.4 is 5.32 Å². The minimum absolute atomic E-state index is 0.359. The van der Waals surface area contributed by atoms with Gasteiger partial charge in [0.15, 0.2) is 0 Å². The molecule has 108 valence electrons. The van der Waals surface area contributed by atoms with Crippen molar-refractivity contribution in [3.05, 3.63) is 29.2 Å². The van der Waals surface area contributed by atoms with Gasteiger partial charge in [0.2, 0.25) is 11.7 Å². The highest BCUT2D eigenvalue weighted by Crippen LogP contribution is 2.22. The first-order chi connectivity index (χ1) is 9.74. The predicted octanol–water partition coefficient (Wildman–Crippen LogP) is 3.11. The number of likely N-dealkylation sites (N-methyl/N-ethyl adjacent to an activating group) is 1. The summed E-state index contributed by atoms with van der Waals surface area (Å²) in [7, 11) is 0. The molecule has 0 bridgehead atoms. The minimum atomic E-state index is 0.359. The molecule has 5 nitrogen and oxygen atoms in total. The van der Waals surface area contributed by atoms with E-state index in [-0.39, 0.29) is 0 Å². The lowest BCUT2D eigenvalue weighted by Crippen LogP contribution is -2.30. The van der Waals surface area contributed by atoms with Crippen molar-refractivity contribution in [2.45, 2.75) is 39.2 Å². The molecule has 0 aliphatic heterocycles. The van der Waals surface area contributed by atoms with Crippen LogP contribution in [-0.4, -0.2) is 27.7 Å². The number of halogens is 1. The standard InChI is InChI=1S/C14H19ClN4O/c1-3-6-10(16-4-2)9-12-18-14(19-20-12)13-11(15)7-5-8-17-13/h5,7-8,10,16H,3-4,6,9H2,1-2H3. The first-order valence-corrected chi connectivity index (χ1v) is 7.29. The van der Waals surface area contributed by atoms with Gasteiger partial charge in [0.1, 0.15) is 5.69 Å². The molecule has 1 unspecified atom stereocenters. The second kappa shape index (κ2) is 7.36. The van der Waals surface area contributed by atoms with Gasteiger partial charge in [-0.15, -0.1) is 0 Å². The van der Waals surface area contributed by atoms with Gasteiger partial charge in [0.25, 0.3) is 0 Å². The minimum Gasteiger partial charge on any atom is -0.339 e. The van der Waals surface area contributed by atoms with Gasteiger partial charge in [-0.25, -0.2) is 0 Å². The average Bonchev–Trinajstić information content (AvgIpc) is 2.88. The van der Waals surface area contributed by atoms with Crippen LogP contribution in [0.5, 0.6) is 0 Å². The normalized spacial score (nSPS) is 12.6. The highest BCUT2D eigenvalue weighted by atomic mass is 35.5. The predicted molar refractivity (Wildman–Crippen MR) is 78.6 cm³/mol. The van der Waals surface area contributed by atoms with E-state index >= 15 is 0 Å². The van der Waals surface area contributed by atoms with Crippen molar-refractivity contribution in [1.82, 2.24) is 20.4 Å². The van der Waals surface area contributed by atoms with Crippen LogP contribution in [0.2, 0.25) is 5.02 Å². The van der Waals surface area contributed by atoms with Gasteiger partial charge >= 0.3 is 0 Å². The lowest BCUT2D eigenvalue weighted by atomic mass is 10.1. The molecule has 0 saturated carbocycles. The lowest BCUT2D eigenvalue weighted by Gasteiger charge is -2.14. The molecule has 0 aromatic carbocycles. The maximum atomic E-state index is 6.08. The first kappa shape index (κ1) is 14.9. The number of pyridine rings is 1. The monoisotopic (exact) mass is 294 g/mol. The summed E-state index contributed by atoms with van der Waals surface area (Å²) in [5, 5.41) is 7.91. The van der Waals surface area contributed by atoms with E-state index in [9.17, 15) is 0 Å². The Morgan fingerprint density at radius 2 is 2.25 bits per heavy atom. The van der Waals surface area contributed by atoms with Crippen LogP contribution in [0.25, 0.3) is 11.5 Å². The van der Waals surface area contributed by atoms with E-state index in [4.69, 9.17) is 16.1 Å². The number of aromatic nitrogens is 3. The molecule has 0 aliphatic carbocycles. The second-order valence-corrected chi connectivity index (χ2v) is 5.00. The smallest absolute Gasteiger partial charge is 0.228 e. The van der Waals surface area contributed by atoms with Crippen LogP contribution in [0.4, 0.5) is 0 Å². The zero-order valence-electron chi connectivity index (χ0n) is 11.8. The van der Waals surface area contributed by atoms with Crippen molar-refractivity contribution in [2.75, 3.05) is 6.54 Å².